The quantitative estimate of drug-likeness (QED) is 0.794. The first kappa shape index (κ1) is 13.5. The summed E-state index contributed by atoms with van der Waals surface area (Å²) in [7, 11) is 0. The van der Waals surface area contributed by atoms with E-state index in [4.69, 9.17) is 0 Å². The van der Waals surface area contributed by atoms with Crippen LogP contribution in [0.15, 0.2) is 0 Å². The zero-order valence-corrected chi connectivity index (χ0v) is 11.1. The fraction of sp³-hybridized carbons (Fsp3) is 0.923. The van der Waals surface area contributed by atoms with Crippen molar-refractivity contribution in [3.63, 3.8) is 0 Å². The maximum absolute atomic E-state index is 11.5. The predicted molar refractivity (Wildman–Crippen MR) is 67.3 cm³/mol. The summed E-state index contributed by atoms with van der Waals surface area (Å²) in [6.45, 7) is 11.8. The first-order valence-corrected chi connectivity index (χ1v) is 6.51. The highest BCUT2D eigenvalue weighted by molar-refractivity contribution is 5.78. The van der Waals surface area contributed by atoms with E-state index in [9.17, 15) is 4.79 Å². The molecule has 3 heteroatoms. The van der Waals surface area contributed by atoms with Gasteiger partial charge in [-0.25, -0.2) is 0 Å². The maximum Gasteiger partial charge on any atom is 0.222 e. The van der Waals surface area contributed by atoms with Gasteiger partial charge in [-0.1, -0.05) is 27.7 Å². The van der Waals surface area contributed by atoms with E-state index in [0.717, 1.165) is 31.8 Å². The number of nitrogens with one attached hydrogen (secondary N) is 1. The first-order chi connectivity index (χ1) is 7.49. The van der Waals surface area contributed by atoms with Gasteiger partial charge in [0.25, 0.3) is 0 Å². The van der Waals surface area contributed by atoms with E-state index in [1.807, 2.05) is 13.8 Å². The van der Waals surface area contributed by atoms with Crippen molar-refractivity contribution in [2.75, 3.05) is 19.6 Å². The molecule has 1 N–H and O–H groups in total. The summed E-state index contributed by atoms with van der Waals surface area (Å²) >= 11 is 0. The summed E-state index contributed by atoms with van der Waals surface area (Å²) in [6.07, 6.45) is 2.20. The Morgan fingerprint density at radius 2 is 1.81 bits per heavy atom. The lowest BCUT2D eigenvalue weighted by Gasteiger charge is -2.33. The van der Waals surface area contributed by atoms with Gasteiger partial charge < -0.3 is 10.2 Å². The summed E-state index contributed by atoms with van der Waals surface area (Å²) < 4.78 is 0. The molecule has 3 nitrogen and oxygen atoms in total. The number of hydrogen-bond acceptors (Lipinski definition) is 2. The molecular weight excluding hydrogens is 200 g/mol. The van der Waals surface area contributed by atoms with Gasteiger partial charge in [-0.2, -0.15) is 0 Å². The Kier molecular flexibility index (Phi) is 5.26. The molecule has 0 aliphatic carbocycles. The standard InChI is InChI=1S/C13H26N2O/c1-10(2)9-15-7-5-12(6-8-15)14-13(16)11(3)4/h10-12H,5-9H2,1-4H3,(H,14,16). The molecule has 1 amide bonds. The zero-order chi connectivity index (χ0) is 12.1. The smallest absolute Gasteiger partial charge is 0.222 e. The van der Waals surface area contributed by atoms with Crippen LogP contribution in [0.1, 0.15) is 40.5 Å². The predicted octanol–water partition coefficient (Wildman–Crippen LogP) is 1.88. The highest BCUT2D eigenvalue weighted by Gasteiger charge is 2.21. The average molecular weight is 226 g/mol. The highest BCUT2D eigenvalue weighted by atomic mass is 16.1. The normalized spacial score (nSPS) is 19.4. The fourth-order valence-electron chi connectivity index (χ4n) is 2.14. The molecule has 0 spiro atoms. The van der Waals surface area contributed by atoms with Crippen molar-refractivity contribution >= 4 is 5.91 Å². The van der Waals surface area contributed by atoms with E-state index < -0.39 is 0 Å². The van der Waals surface area contributed by atoms with E-state index in [1.165, 1.54) is 6.54 Å². The summed E-state index contributed by atoms with van der Waals surface area (Å²) in [6, 6.07) is 0.401. The van der Waals surface area contributed by atoms with Gasteiger partial charge in [0.05, 0.1) is 0 Å². The largest absolute Gasteiger partial charge is 0.353 e. The van der Waals surface area contributed by atoms with Gasteiger partial charge >= 0.3 is 0 Å². The molecule has 0 aromatic rings. The lowest BCUT2D eigenvalue weighted by molar-refractivity contribution is -0.125. The van der Waals surface area contributed by atoms with Crippen LogP contribution in [0.2, 0.25) is 0 Å². The van der Waals surface area contributed by atoms with Crippen LogP contribution in [0.4, 0.5) is 0 Å². The second-order valence-electron chi connectivity index (χ2n) is 5.63. The van der Waals surface area contributed by atoms with Crippen LogP contribution in [0.3, 0.4) is 0 Å². The maximum atomic E-state index is 11.5. The number of carbonyl (C=O) groups is 1. The second-order valence-corrected chi connectivity index (χ2v) is 5.63. The van der Waals surface area contributed by atoms with Crippen LogP contribution >= 0.6 is 0 Å². The highest BCUT2D eigenvalue weighted by Crippen LogP contribution is 2.12. The minimum Gasteiger partial charge on any atom is -0.353 e. The van der Waals surface area contributed by atoms with E-state index in [-0.39, 0.29) is 11.8 Å². The van der Waals surface area contributed by atoms with Crippen LogP contribution in [-0.4, -0.2) is 36.5 Å². The minimum absolute atomic E-state index is 0.105. The Balaban J connectivity index is 2.24. The molecule has 0 radical (unpaired) electrons. The molecule has 1 aliphatic heterocycles. The van der Waals surface area contributed by atoms with E-state index >= 15 is 0 Å². The molecule has 0 aromatic carbocycles. The third-order valence-electron chi connectivity index (χ3n) is 3.08. The molecule has 0 aromatic heterocycles. The molecule has 94 valence electrons. The van der Waals surface area contributed by atoms with Crippen molar-refractivity contribution < 1.29 is 4.79 Å². The number of amides is 1. The van der Waals surface area contributed by atoms with Gasteiger partial charge in [0.15, 0.2) is 0 Å². The molecule has 0 atom stereocenters. The third kappa shape index (κ3) is 4.52. The van der Waals surface area contributed by atoms with Crippen molar-refractivity contribution in [1.82, 2.24) is 10.2 Å². The summed E-state index contributed by atoms with van der Waals surface area (Å²) in [5.74, 6) is 1.04. The monoisotopic (exact) mass is 226 g/mol. The summed E-state index contributed by atoms with van der Waals surface area (Å²) in [4.78, 5) is 14.0. The number of piperidine rings is 1. The Hall–Kier alpha value is -0.570. The van der Waals surface area contributed by atoms with Crippen molar-refractivity contribution in [3.05, 3.63) is 0 Å². The number of hydrogen-bond donors (Lipinski definition) is 1. The van der Waals surface area contributed by atoms with Crippen LogP contribution in [-0.2, 0) is 4.79 Å². The molecule has 1 aliphatic rings. The third-order valence-corrected chi connectivity index (χ3v) is 3.08. The second kappa shape index (κ2) is 6.24. The van der Waals surface area contributed by atoms with Crippen molar-refractivity contribution in [2.24, 2.45) is 11.8 Å². The minimum atomic E-state index is 0.105. The van der Waals surface area contributed by atoms with Crippen LogP contribution < -0.4 is 5.32 Å². The molecule has 0 saturated carbocycles. The average Bonchev–Trinajstić information content (AvgIpc) is 2.20. The Labute approximate surface area is 99.6 Å². The van der Waals surface area contributed by atoms with Crippen molar-refractivity contribution in [1.29, 1.82) is 0 Å². The lowest BCUT2D eigenvalue weighted by atomic mass is 10.0. The van der Waals surface area contributed by atoms with E-state index in [1.54, 1.807) is 0 Å². The van der Waals surface area contributed by atoms with Gasteiger partial charge in [0.1, 0.15) is 0 Å². The molecular formula is C13H26N2O. The van der Waals surface area contributed by atoms with E-state index in [0.29, 0.717) is 6.04 Å². The van der Waals surface area contributed by atoms with Crippen molar-refractivity contribution in [3.8, 4) is 0 Å². The van der Waals surface area contributed by atoms with E-state index in [2.05, 4.69) is 24.1 Å². The van der Waals surface area contributed by atoms with Gasteiger partial charge in [-0.15, -0.1) is 0 Å². The van der Waals surface area contributed by atoms with Gasteiger partial charge in [-0.3, -0.25) is 4.79 Å². The Morgan fingerprint density at radius 1 is 1.25 bits per heavy atom. The molecule has 1 fully saturated rings. The summed E-state index contributed by atoms with van der Waals surface area (Å²) in [5, 5.41) is 3.13. The fourth-order valence-corrected chi connectivity index (χ4v) is 2.14. The molecule has 1 saturated heterocycles. The van der Waals surface area contributed by atoms with Crippen LogP contribution in [0.25, 0.3) is 0 Å². The number of rotatable bonds is 4. The zero-order valence-electron chi connectivity index (χ0n) is 11.1. The number of nitrogens with zero attached hydrogens (tertiary/aromatic N) is 1. The molecule has 0 unspecified atom stereocenters. The first-order valence-electron chi connectivity index (χ1n) is 6.51. The molecule has 1 heterocycles. The molecule has 16 heavy (non-hydrogen) atoms. The Bertz CT molecular complexity index is 218. The number of likely N-dealkylation sites (tertiary alicyclic amines) is 1. The summed E-state index contributed by atoms with van der Waals surface area (Å²) in [5.41, 5.74) is 0. The molecule has 1 rings (SSSR count). The van der Waals surface area contributed by atoms with Crippen LogP contribution in [0, 0.1) is 11.8 Å². The SMILES string of the molecule is CC(C)CN1CCC(NC(=O)C(C)C)CC1. The topological polar surface area (TPSA) is 32.3 Å². The van der Waals surface area contributed by atoms with Gasteiger partial charge in [-0.05, 0) is 18.8 Å². The van der Waals surface area contributed by atoms with Crippen molar-refractivity contribution in [2.45, 2.75) is 46.6 Å². The Morgan fingerprint density at radius 3 is 2.25 bits per heavy atom. The van der Waals surface area contributed by atoms with Gasteiger partial charge in [0.2, 0.25) is 5.91 Å². The molecule has 0 bridgehead atoms. The van der Waals surface area contributed by atoms with Crippen LogP contribution in [0.5, 0.6) is 0 Å². The lowest BCUT2D eigenvalue weighted by Crippen LogP contribution is -2.46. The number of carbonyl (C=O) groups excluding carboxylic acids is 1. The van der Waals surface area contributed by atoms with Gasteiger partial charge in [0, 0.05) is 31.6 Å².